The van der Waals surface area contributed by atoms with E-state index in [1.165, 1.54) is 31.2 Å². The normalized spacial score (nSPS) is 37.1. The van der Waals surface area contributed by atoms with Gasteiger partial charge >= 0.3 is 0 Å². The van der Waals surface area contributed by atoms with E-state index in [1.54, 1.807) is 0 Å². The predicted octanol–water partition coefficient (Wildman–Crippen LogP) is -3.28. The van der Waals surface area contributed by atoms with E-state index in [4.69, 9.17) is 32.8 Å². The first kappa shape index (κ1) is 37.1. The smallest absolute Gasteiger partial charge is 0.239 e. The maximum Gasteiger partial charge on any atom is 0.239 e. The Hall–Kier alpha value is -3.67. The summed E-state index contributed by atoms with van der Waals surface area (Å²) < 4.78 is 39.2. The predicted molar refractivity (Wildman–Crippen MR) is 165 cm³/mol. The minimum absolute atomic E-state index is 0.139. The standard InChI is InChI=1S/C32H38O19/c1-10-19(36)23(40)26(43)30(46-10)45-9-17-21(38)24(41)27(44)32(50-17)51-29-22(39)18-14(35)6-13(47-31-25(42)20(37)16(8-33)49-31)7-15(18)48-28(29)11-2-4-12(34)5-3-11/h2-7,10,16-17,19-21,23-27,30-38,40-44H,8-9H2,1H3/t10?,16-,17+,19-,20?,21-,23?,24?,25-,26-,27?,30+,31+,32-/m0/s1. The van der Waals surface area contributed by atoms with Crippen LogP contribution in [0.25, 0.3) is 22.3 Å². The van der Waals surface area contributed by atoms with E-state index in [0.717, 1.165) is 12.1 Å². The molecule has 6 rings (SSSR count). The molecule has 51 heavy (non-hydrogen) atoms. The second kappa shape index (κ2) is 14.8. The first-order valence-corrected chi connectivity index (χ1v) is 15.8. The highest BCUT2D eigenvalue weighted by Gasteiger charge is 2.48. The van der Waals surface area contributed by atoms with E-state index in [0.29, 0.717) is 0 Å². The van der Waals surface area contributed by atoms with E-state index in [-0.39, 0.29) is 28.4 Å². The number of ether oxygens (including phenoxy) is 6. The van der Waals surface area contributed by atoms with Crippen LogP contribution in [0.15, 0.2) is 45.6 Å². The van der Waals surface area contributed by atoms with Gasteiger partial charge in [-0.3, -0.25) is 4.79 Å². The number of aliphatic hydroxyl groups excluding tert-OH is 9. The zero-order valence-electron chi connectivity index (χ0n) is 26.6. The van der Waals surface area contributed by atoms with Crippen molar-refractivity contribution in [2.24, 2.45) is 0 Å². The number of hydrogen-bond acceptors (Lipinski definition) is 19. The third kappa shape index (κ3) is 7.09. The summed E-state index contributed by atoms with van der Waals surface area (Å²) in [6.45, 7) is 0.189. The number of aliphatic hydroxyl groups is 9. The summed E-state index contributed by atoms with van der Waals surface area (Å²) in [7, 11) is 0. The Morgan fingerprint density at radius 3 is 1.94 bits per heavy atom. The van der Waals surface area contributed by atoms with Crippen molar-refractivity contribution >= 4 is 11.0 Å². The molecule has 3 aliphatic heterocycles. The summed E-state index contributed by atoms with van der Waals surface area (Å²) in [6, 6.07) is 7.37. The van der Waals surface area contributed by atoms with Crippen LogP contribution >= 0.6 is 0 Å². The van der Waals surface area contributed by atoms with Crippen LogP contribution in [0, 0.1) is 0 Å². The Labute approximate surface area is 287 Å². The van der Waals surface area contributed by atoms with E-state index in [2.05, 4.69) is 0 Å². The van der Waals surface area contributed by atoms with Gasteiger partial charge in [-0.25, -0.2) is 0 Å². The van der Waals surface area contributed by atoms with Crippen molar-refractivity contribution in [2.75, 3.05) is 13.2 Å². The number of hydrogen-bond donors (Lipinski definition) is 11. The molecule has 1 aromatic heterocycles. The summed E-state index contributed by atoms with van der Waals surface area (Å²) in [5.41, 5.74) is -1.16. The zero-order chi connectivity index (χ0) is 36.9. The number of fused-ring (bicyclic) bond motifs is 1. The lowest BCUT2D eigenvalue weighted by Gasteiger charge is -2.42. The number of phenolic OH excluding ortho intramolecular Hbond substituents is 2. The number of phenols is 2. The third-order valence-corrected chi connectivity index (χ3v) is 8.92. The Kier molecular flexibility index (Phi) is 10.7. The minimum Gasteiger partial charge on any atom is -0.508 e. The van der Waals surface area contributed by atoms with Crippen molar-refractivity contribution in [3.63, 3.8) is 0 Å². The maximum atomic E-state index is 14.0. The molecule has 3 aromatic rings. The largest absolute Gasteiger partial charge is 0.508 e. The summed E-state index contributed by atoms with van der Waals surface area (Å²) in [4.78, 5) is 14.0. The molecular formula is C32H38O19. The lowest BCUT2D eigenvalue weighted by atomic mass is 9.98. The third-order valence-electron chi connectivity index (χ3n) is 8.92. The monoisotopic (exact) mass is 726 g/mol. The van der Waals surface area contributed by atoms with Crippen LogP contribution in [0.2, 0.25) is 0 Å². The molecule has 0 bridgehead atoms. The average Bonchev–Trinajstić information content (AvgIpc) is 3.37. The van der Waals surface area contributed by atoms with E-state index < -0.39 is 122 Å². The molecule has 3 saturated heterocycles. The second-order valence-electron chi connectivity index (χ2n) is 12.4. The topological polar surface area (TPSA) is 308 Å². The summed E-state index contributed by atoms with van der Waals surface area (Å²) in [6.07, 6.45) is -22.0. The summed E-state index contributed by atoms with van der Waals surface area (Å²) >= 11 is 0. The van der Waals surface area contributed by atoms with Crippen LogP contribution < -0.4 is 14.9 Å². The van der Waals surface area contributed by atoms with Gasteiger partial charge in [-0.05, 0) is 31.2 Å². The van der Waals surface area contributed by atoms with Gasteiger partial charge in [0.2, 0.25) is 23.8 Å². The Morgan fingerprint density at radius 1 is 0.686 bits per heavy atom. The Morgan fingerprint density at radius 2 is 1.27 bits per heavy atom. The molecule has 19 heteroatoms. The van der Waals surface area contributed by atoms with Gasteiger partial charge in [0.25, 0.3) is 0 Å². The van der Waals surface area contributed by atoms with Gasteiger partial charge in [-0.15, -0.1) is 0 Å². The first-order valence-electron chi connectivity index (χ1n) is 15.8. The number of benzene rings is 2. The summed E-state index contributed by atoms with van der Waals surface area (Å²) in [5.74, 6) is -2.00. The number of aromatic hydroxyl groups is 2. The zero-order valence-corrected chi connectivity index (χ0v) is 26.6. The molecule has 0 aliphatic carbocycles. The molecule has 19 nitrogen and oxygen atoms in total. The van der Waals surface area contributed by atoms with Gasteiger partial charge in [0, 0.05) is 17.7 Å². The highest BCUT2D eigenvalue weighted by atomic mass is 16.7. The molecule has 11 N–H and O–H groups in total. The molecule has 5 unspecified atom stereocenters. The van der Waals surface area contributed by atoms with Gasteiger partial charge in [-0.2, -0.15) is 0 Å². The molecule has 3 aliphatic rings. The molecule has 3 fully saturated rings. The van der Waals surface area contributed by atoms with E-state index >= 15 is 0 Å². The molecule has 0 amide bonds. The van der Waals surface area contributed by atoms with Crippen LogP contribution in [0.1, 0.15) is 6.92 Å². The lowest BCUT2D eigenvalue weighted by Crippen LogP contribution is -2.61. The molecule has 0 saturated carbocycles. The van der Waals surface area contributed by atoms with Crippen LogP contribution in [0.4, 0.5) is 0 Å². The van der Waals surface area contributed by atoms with Crippen molar-refractivity contribution in [2.45, 2.75) is 92.9 Å². The fourth-order valence-electron chi connectivity index (χ4n) is 5.94. The molecule has 280 valence electrons. The van der Waals surface area contributed by atoms with Crippen LogP contribution in [-0.4, -0.2) is 155 Å². The van der Waals surface area contributed by atoms with Crippen LogP contribution in [0.3, 0.4) is 0 Å². The Bertz CT molecular complexity index is 1730. The molecule has 0 radical (unpaired) electrons. The Balaban J connectivity index is 1.31. The quantitative estimate of drug-likeness (QED) is 0.103. The average molecular weight is 727 g/mol. The van der Waals surface area contributed by atoms with Gasteiger partial charge in [0.1, 0.15) is 89.3 Å². The van der Waals surface area contributed by atoms with Gasteiger partial charge in [0.15, 0.2) is 12.1 Å². The molecule has 14 atom stereocenters. The van der Waals surface area contributed by atoms with Crippen molar-refractivity contribution in [1.82, 2.24) is 0 Å². The van der Waals surface area contributed by atoms with Crippen molar-refractivity contribution < 1.29 is 89.0 Å². The molecule has 0 spiro atoms. The molecule has 4 heterocycles. The van der Waals surface area contributed by atoms with E-state index in [9.17, 15) is 61.0 Å². The highest BCUT2D eigenvalue weighted by Crippen LogP contribution is 2.39. The van der Waals surface area contributed by atoms with Crippen molar-refractivity contribution in [3.8, 4) is 34.3 Å². The van der Waals surface area contributed by atoms with Gasteiger partial charge in [-0.1, -0.05) is 0 Å². The molecule has 2 aromatic carbocycles. The fourth-order valence-corrected chi connectivity index (χ4v) is 5.94. The lowest BCUT2D eigenvalue weighted by molar-refractivity contribution is -0.318. The van der Waals surface area contributed by atoms with Crippen LogP contribution in [0.5, 0.6) is 23.0 Å². The first-order chi connectivity index (χ1) is 24.2. The van der Waals surface area contributed by atoms with Crippen molar-refractivity contribution in [3.05, 3.63) is 46.6 Å². The van der Waals surface area contributed by atoms with Gasteiger partial charge in [0.05, 0.1) is 19.3 Å². The minimum atomic E-state index is -1.98. The second-order valence-corrected chi connectivity index (χ2v) is 12.4. The maximum absolute atomic E-state index is 14.0. The highest BCUT2D eigenvalue weighted by molar-refractivity contribution is 5.88. The molecular weight excluding hydrogens is 688 g/mol. The number of rotatable bonds is 9. The van der Waals surface area contributed by atoms with Crippen LogP contribution in [-0.2, 0) is 18.9 Å². The van der Waals surface area contributed by atoms with Gasteiger partial charge < -0.3 is 89.0 Å². The summed E-state index contributed by atoms with van der Waals surface area (Å²) in [5, 5.41) is 113. The fraction of sp³-hybridized carbons (Fsp3) is 0.531. The van der Waals surface area contributed by atoms with Crippen molar-refractivity contribution in [1.29, 1.82) is 0 Å². The van der Waals surface area contributed by atoms with E-state index in [1.807, 2.05) is 0 Å². The SMILES string of the molecule is CC1O[C@@H](OC[C@H]2O[C@@H](Oc3c(-c4ccc(O)cc4)oc4cc(O[C@@H]5O[C@@H](CO)C(O)[C@@H]5O)cc(O)c4c3=O)C(O)C(O)[C@H]2O)[C@@H](O)C(O)[C@H]1O.